The van der Waals surface area contributed by atoms with Crippen LogP contribution in [0, 0.1) is 0 Å². The van der Waals surface area contributed by atoms with Crippen LogP contribution >= 0.6 is 15.9 Å². The van der Waals surface area contributed by atoms with E-state index in [1.165, 1.54) is 5.01 Å². The third-order valence-electron chi connectivity index (χ3n) is 6.29. The number of hydrogen-bond donors (Lipinski definition) is 1. The average molecular weight is 530 g/mol. The van der Waals surface area contributed by atoms with E-state index in [1.807, 2.05) is 79.7 Å². The van der Waals surface area contributed by atoms with Crippen LogP contribution in [0.1, 0.15) is 36.9 Å². The van der Waals surface area contributed by atoms with Gasteiger partial charge in [-0.3, -0.25) is 9.59 Å². The van der Waals surface area contributed by atoms with E-state index in [2.05, 4.69) is 20.9 Å². The van der Waals surface area contributed by atoms with Crippen molar-refractivity contribution >= 4 is 38.5 Å². The number of methoxy groups -OCH3 is 1. The molecule has 5 rings (SSSR count). The Balaban J connectivity index is 1.75. The zero-order valence-electron chi connectivity index (χ0n) is 19.4. The number of pyridine rings is 1. The van der Waals surface area contributed by atoms with E-state index in [0.717, 1.165) is 32.1 Å². The summed E-state index contributed by atoms with van der Waals surface area (Å²) in [6.45, 7) is 1.81. The second-order valence-corrected chi connectivity index (χ2v) is 9.28. The Hall–Kier alpha value is -3.71. The molecule has 0 bridgehead atoms. The molecular formula is C28H24BrN3O3. The lowest BCUT2D eigenvalue weighted by Crippen LogP contribution is -2.26. The molecule has 0 saturated heterocycles. The van der Waals surface area contributed by atoms with Crippen molar-refractivity contribution < 1.29 is 9.53 Å². The van der Waals surface area contributed by atoms with Gasteiger partial charge >= 0.3 is 0 Å². The fraction of sp³-hybridized carbons (Fsp3) is 0.179. The van der Waals surface area contributed by atoms with Gasteiger partial charge in [-0.1, -0.05) is 71.4 Å². The van der Waals surface area contributed by atoms with Crippen molar-refractivity contribution in [1.82, 2.24) is 9.99 Å². The number of H-pyrrole nitrogens is 1. The first-order chi connectivity index (χ1) is 17.0. The number of nitrogens with one attached hydrogen (secondary N) is 1. The summed E-state index contributed by atoms with van der Waals surface area (Å²) in [4.78, 5) is 29.5. The molecular weight excluding hydrogens is 506 g/mol. The lowest BCUT2D eigenvalue weighted by Gasteiger charge is -2.23. The summed E-state index contributed by atoms with van der Waals surface area (Å²) in [5, 5.41) is 7.16. The van der Waals surface area contributed by atoms with Crippen molar-refractivity contribution in [1.29, 1.82) is 0 Å². The highest BCUT2D eigenvalue weighted by Gasteiger charge is 2.36. The molecule has 0 saturated carbocycles. The molecule has 4 aromatic rings. The van der Waals surface area contributed by atoms with Gasteiger partial charge in [-0.2, -0.15) is 5.10 Å². The maximum atomic E-state index is 13.5. The predicted molar refractivity (Wildman–Crippen MR) is 142 cm³/mol. The summed E-state index contributed by atoms with van der Waals surface area (Å²) < 4.78 is 6.49. The second kappa shape index (κ2) is 9.50. The van der Waals surface area contributed by atoms with Gasteiger partial charge in [0.05, 0.1) is 24.4 Å². The third-order valence-corrected chi connectivity index (χ3v) is 6.79. The van der Waals surface area contributed by atoms with Gasteiger partial charge < -0.3 is 9.72 Å². The molecule has 0 aliphatic carbocycles. The number of carbonyl (C=O) groups excluding carboxylic acids is 1. The van der Waals surface area contributed by atoms with Crippen LogP contribution < -0.4 is 10.3 Å². The highest BCUT2D eigenvalue weighted by Crippen LogP contribution is 2.40. The molecule has 0 fully saturated rings. The van der Waals surface area contributed by atoms with E-state index < -0.39 is 0 Å². The lowest BCUT2D eigenvalue weighted by molar-refractivity contribution is -0.132. The van der Waals surface area contributed by atoms with Gasteiger partial charge in [0.1, 0.15) is 5.75 Å². The van der Waals surface area contributed by atoms with Gasteiger partial charge in [0.25, 0.3) is 5.56 Å². The van der Waals surface area contributed by atoms with Gasteiger partial charge in [0, 0.05) is 39.3 Å². The Morgan fingerprint density at radius 1 is 1.09 bits per heavy atom. The molecule has 1 amide bonds. The highest BCUT2D eigenvalue weighted by molar-refractivity contribution is 9.10. The normalized spacial score (nSPS) is 15.3. The number of hydrogen-bond acceptors (Lipinski definition) is 4. The minimum absolute atomic E-state index is 0.114. The number of benzene rings is 3. The first-order valence-electron chi connectivity index (χ1n) is 11.5. The molecule has 1 aliphatic heterocycles. The monoisotopic (exact) mass is 529 g/mol. The maximum Gasteiger partial charge on any atom is 0.258 e. The van der Waals surface area contributed by atoms with Crippen LogP contribution in [0.25, 0.3) is 22.0 Å². The minimum Gasteiger partial charge on any atom is -0.496 e. The number of fused-ring (bicyclic) bond motifs is 1. The fourth-order valence-corrected chi connectivity index (χ4v) is 5.04. The SMILES string of the molecule is CCC(=O)N1N=C(c2c(-c3ccccc3)c3cc(Br)ccc3[nH]c2=O)C[C@H]1c1ccccc1OC. The molecule has 1 N–H and O–H groups in total. The van der Waals surface area contributed by atoms with E-state index in [9.17, 15) is 9.59 Å². The predicted octanol–water partition coefficient (Wildman–Crippen LogP) is 6.05. The van der Waals surface area contributed by atoms with Crippen molar-refractivity contribution in [2.45, 2.75) is 25.8 Å². The number of aromatic amines is 1. The molecule has 0 unspecified atom stereocenters. The number of ether oxygens (including phenoxy) is 1. The second-order valence-electron chi connectivity index (χ2n) is 8.36. The molecule has 2 heterocycles. The third kappa shape index (κ3) is 4.17. The number of carbonyl (C=O) groups is 1. The van der Waals surface area contributed by atoms with E-state index in [4.69, 9.17) is 9.84 Å². The topological polar surface area (TPSA) is 74.8 Å². The van der Waals surface area contributed by atoms with E-state index in [0.29, 0.717) is 29.9 Å². The van der Waals surface area contributed by atoms with Gasteiger partial charge in [-0.05, 0) is 29.8 Å². The van der Waals surface area contributed by atoms with E-state index >= 15 is 0 Å². The fourth-order valence-electron chi connectivity index (χ4n) is 4.68. The largest absolute Gasteiger partial charge is 0.496 e. The quantitative estimate of drug-likeness (QED) is 0.341. The van der Waals surface area contributed by atoms with Crippen LogP contribution in [0.3, 0.4) is 0 Å². The molecule has 1 aromatic heterocycles. The van der Waals surface area contributed by atoms with Crippen molar-refractivity contribution in [3.05, 3.63) is 98.7 Å². The Kier molecular flexibility index (Phi) is 6.26. The van der Waals surface area contributed by atoms with Crippen LogP contribution in [-0.4, -0.2) is 28.7 Å². The van der Waals surface area contributed by atoms with Crippen LogP contribution in [0.4, 0.5) is 0 Å². The number of rotatable bonds is 5. The van der Waals surface area contributed by atoms with Gasteiger partial charge in [-0.25, -0.2) is 5.01 Å². The van der Waals surface area contributed by atoms with Gasteiger partial charge in [0.2, 0.25) is 5.91 Å². The standard InChI is InChI=1S/C28H24BrN3O3/c1-3-25(33)32-23(19-11-7-8-12-24(19)35-2)16-22(31-32)27-26(17-9-5-4-6-10-17)20-15-18(29)13-14-21(20)30-28(27)34/h4-15,23H,3,16H2,1-2H3,(H,30,34)/t23-/m0/s1. The van der Waals surface area contributed by atoms with Gasteiger partial charge in [-0.15, -0.1) is 0 Å². The summed E-state index contributed by atoms with van der Waals surface area (Å²) in [5.74, 6) is 0.569. The molecule has 0 spiro atoms. The molecule has 1 aliphatic rings. The summed E-state index contributed by atoms with van der Waals surface area (Å²) in [6, 6.07) is 22.9. The Morgan fingerprint density at radius 2 is 1.83 bits per heavy atom. The van der Waals surface area contributed by atoms with Crippen molar-refractivity contribution in [3.8, 4) is 16.9 Å². The van der Waals surface area contributed by atoms with Crippen LogP contribution in [0.15, 0.2) is 87.2 Å². The first kappa shape index (κ1) is 23.1. The van der Waals surface area contributed by atoms with Gasteiger partial charge in [0.15, 0.2) is 0 Å². The van der Waals surface area contributed by atoms with E-state index in [1.54, 1.807) is 7.11 Å². The number of para-hydroxylation sites is 1. The molecule has 1 atom stereocenters. The van der Waals surface area contributed by atoms with Crippen LogP contribution in [0.2, 0.25) is 0 Å². The number of aromatic nitrogens is 1. The average Bonchev–Trinajstić information content (AvgIpc) is 3.33. The Bertz CT molecular complexity index is 1510. The molecule has 0 radical (unpaired) electrons. The molecule has 7 heteroatoms. The van der Waals surface area contributed by atoms with Crippen molar-refractivity contribution in [2.75, 3.05) is 7.11 Å². The number of hydrazone groups is 1. The Labute approximate surface area is 211 Å². The Morgan fingerprint density at radius 3 is 2.57 bits per heavy atom. The van der Waals surface area contributed by atoms with E-state index in [-0.39, 0.29) is 17.5 Å². The zero-order chi connectivity index (χ0) is 24.5. The molecule has 35 heavy (non-hydrogen) atoms. The number of halogens is 1. The highest BCUT2D eigenvalue weighted by atomic mass is 79.9. The summed E-state index contributed by atoms with van der Waals surface area (Å²) in [6.07, 6.45) is 0.698. The number of nitrogens with zero attached hydrogens (tertiary/aromatic N) is 2. The lowest BCUT2D eigenvalue weighted by atomic mass is 9.91. The molecule has 6 nitrogen and oxygen atoms in total. The smallest absolute Gasteiger partial charge is 0.258 e. The minimum atomic E-state index is -0.366. The molecule has 3 aromatic carbocycles. The van der Waals surface area contributed by atoms with Crippen LogP contribution in [0.5, 0.6) is 5.75 Å². The molecule has 176 valence electrons. The summed E-state index contributed by atoms with van der Waals surface area (Å²) in [7, 11) is 1.61. The summed E-state index contributed by atoms with van der Waals surface area (Å²) in [5.41, 5.74) is 4.13. The summed E-state index contributed by atoms with van der Waals surface area (Å²) >= 11 is 3.57. The zero-order valence-corrected chi connectivity index (χ0v) is 21.0. The van der Waals surface area contributed by atoms with Crippen molar-refractivity contribution in [2.24, 2.45) is 5.10 Å². The van der Waals surface area contributed by atoms with Crippen LogP contribution in [-0.2, 0) is 4.79 Å². The first-order valence-corrected chi connectivity index (χ1v) is 12.2. The van der Waals surface area contributed by atoms with Crippen molar-refractivity contribution in [3.63, 3.8) is 0 Å². The number of amides is 1. The maximum absolute atomic E-state index is 13.5.